The number of nitrogens with zero attached hydrogens (tertiary/aromatic N) is 4. The van der Waals surface area contributed by atoms with Crippen molar-refractivity contribution >= 4 is 27.6 Å². The van der Waals surface area contributed by atoms with Crippen molar-refractivity contribution < 1.29 is 32.2 Å². The van der Waals surface area contributed by atoms with Crippen LogP contribution in [0.5, 0.6) is 17.5 Å². The van der Waals surface area contributed by atoms with Crippen LogP contribution in [0.3, 0.4) is 0 Å². The van der Waals surface area contributed by atoms with Gasteiger partial charge in [-0.2, -0.15) is 0 Å². The van der Waals surface area contributed by atoms with Crippen LogP contribution >= 0.6 is 0 Å². The van der Waals surface area contributed by atoms with Crippen molar-refractivity contribution in [3.8, 4) is 17.5 Å². The molecule has 0 fully saturated rings. The lowest BCUT2D eigenvalue weighted by molar-refractivity contribution is 0.00605. The van der Waals surface area contributed by atoms with Gasteiger partial charge in [-0.3, -0.25) is 20.6 Å². The van der Waals surface area contributed by atoms with Gasteiger partial charge < -0.3 is 24.3 Å². The van der Waals surface area contributed by atoms with Gasteiger partial charge in [-0.05, 0) is 51.5 Å². The lowest BCUT2D eigenvalue weighted by Gasteiger charge is -2.25. The molecular formula is C27H35N7O7S. The van der Waals surface area contributed by atoms with Crippen molar-refractivity contribution in [2.75, 3.05) is 26.6 Å². The molecule has 2 heterocycles. The summed E-state index contributed by atoms with van der Waals surface area (Å²) in [7, 11) is -0.0293. The fourth-order valence-corrected chi connectivity index (χ4v) is 4.78. The number of guanidine groups is 1. The van der Waals surface area contributed by atoms with E-state index in [2.05, 4.69) is 35.5 Å². The Kier molecular flexibility index (Phi) is 11.0. The second-order valence-electron chi connectivity index (χ2n) is 9.26. The van der Waals surface area contributed by atoms with Crippen LogP contribution in [0.1, 0.15) is 48.4 Å². The summed E-state index contributed by atoms with van der Waals surface area (Å²) in [6, 6.07) is 6.74. The fourth-order valence-electron chi connectivity index (χ4n) is 3.74. The average Bonchev–Trinajstić information content (AvgIpc) is 2.98. The van der Waals surface area contributed by atoms with Gasteiger partial charge in [0.25, 0.3) is 15.9 Å². The summed E-state index contributed by atoms with van der Waals surface area (Å²) in [5, 5.41) is 1.66. The van der Waals surface area contributed by atoms with E-state index in [0.29, 0.717) is 17.1 Å². The number of carbonyl (C=O) groups is 1. The number of aryl methyl sites for hydroxylation is 1. The number of nitrogens with one attached hydrogen (secondary N) is 3. The predicted molar refractivity (Wildman–Crippen MR) is 156 cm³/mol. The van der Waals surface area contributed by atoms with Crippen molar-refractivity contribution in [1.29, 1.82) is 0 Å². The first kappa shape index (κ1) is 32.0. The summed E-state index contributed by atoms with van der Waals surface area (Å²) in [6.45, 7) is 6.79. The molecule has 0 unspecified atom stereocenters. The van der Waals surface area contributed by atoms with Gasteiger partial charge in [0.2, 0.25) is 5.96 Å². The van der Waals surface area contributed by atoms with Gasteiger partial charge >= 0.3 is 6.01 Å². The molecule has 0 radical (unpaired) electrons. The van der Waals surface area contributed by atoms with E-state index in [-0.39, 0.29) is 29.3 Å². The Balaban J connectivity index is 2.02. The Hall–Kier alpha value is -4.50. The number of sulfonamides is 1. The van der Waals surface area contributed by atoms with Crippen LogP contribution in [0.2, 0.25) is 0 Å². The molecular weight excluding hydrogens is 566 g/mol. The third kappa shape index (κ3) is 8.27. The van der Waals surface area contributed by atoms with E-state index in [1.807, 2.05) is 0 Å². The Labute approximate surface area is 244 Å². The van der Waals surface area contributed by atoms with Crippen molar-refractivity contribution in [3.05, 3.63) is 65.7 Å². The molecule has 0 aliphatic heterocycles. The van der Waals surface area contributed by atoms with E-state index < -0.39 is 27.3 Å². The molecule has 3 aromatic rings. The number of benzene rings is 1. The van der Waals surface area contributed by atoms with Crippen LogP contribution in [0.15, 0.2) is 53.5 Å². The maximum Gasteiger partial charge on any atom is 0.316 e. The summed E-state index contributed by atoms with van der Waals surface area (Å²) >= 11 is 0. The first-order valence-electron chi connectivity index (χ1n) is 12.8. The third-order valence-electron chi connectivity index (χ3n) is 5.80. The second kappa shape index (κ2) is 14.4. The number of ether oxygens (including phenoxy) is 4. The summed E-state index contributed by atoms with van der Waals surface area (Å²) in [4.78, 5) is 25.0. The number of anilines is 1. The van der Waals surface area contributed by atoms with Crippen molar-refractivity contribution in [3.63, 3.8) is 0 Å². The number of hydrogen-bond acceptors (Lipinski definition) is 10. The number of hydrazine groups is 1. The standard InChI is InChI=1S/C27H35N7O7S/c1-16(2)41-24(20-14-29-27(40-7)30-15-20)18(4)42(36,37)34-26(31-23-21(38-5)9-8-10-22(23)39-6)33-32-25(35)19-11-17(3)12-28-13-19/h8-16,18,24H,1-7H3,(H,32,35)(H2,31,33,34)/t18-,24+/m1/s1. The normalized spacial score (nSPS) is 13.2. The Bertz CT molecular complexity index is 1480. The van der Waals surface area contributed by atoms with Crippen molar-refractivity contribution in [2.24, 2.45) is 4.40 Å². The maximum absolute atomic E-state index is 13.7. The van der Waals surface area contributed by atoms with Crippen molar-refractivity contribution in [1.82, 2.24) is 25.8 Å². The van der Waals surface area contributed by atoms with Crippen molar-refractivity contribution in [2.45, 2.75) is 45.2 Å². The highest BCUT2D eigenvalue weighted by Crippen LogP contribution is 2.34. The quantitative estimate of drug-likeness (QED) is 0.167. The van der Waals surface area contributed by atoms with E-state index in [1.165, 1.54) is 46.8 Å². The Morgan fingerprint density at radius 1 is 0.929 bits per heavy atom. The number of methoxy groups -OCH3 is 3. The average molecular weight is 602 g/mol. The van der Waals surface area contributed by atoms with E-state index in [1.54, 1.807) is 51.2 Å². The monoisotopic (exact) mass is 601 g/mol. The summed E-state index contributed by atoms with van der Waals surface area (Å²) < 4.78 is 53.3. The summed E-state index contributed by atoms with van der Waals surface area (Å²) in [6.07, 6.45) is 4.52. The molecule has 2 atom stereocenters. The smallest absolute Gasteiger partial charge is 0.316 e. The molecule has 0 saturated heterocycles. The lowest BCUT2D eigenvalue weighted by atomic mass is 10.1. The molecule has 3 rings (SSSR count). The van der Waals surface area contributed by atoms with Crippen LogP contribution in [0.25, 0.3) is 0 Å². The summed E-state index contributed by atoms with van der Waals surface area (Å²) in [5.74, 6) is -0.248. The third-order valence-corrected chi connectivity index (χ3v) is 7.42. The first-order valence-corrected chi connectivity index (χ1v) is 14.3. The van der Waals surface area contributed by atoms with Gasteiger partial charge in [-0.15, -0.1) is 4.40 Å². The highest BCUT2D eigenvalue weighted by molar-refractivity contribution is 7.90. The van der Waals surface area contributed by atoms with E-state index in [0.717, 1.165) is 5.56 Å². The van der Waals surface area contributed by atoms with Gasteiger partial charge in [0.05, 0.1) is 33.0 Å². The minimum atomic E-state index is -4.34. The van der Waals surface area contributed by atoms with Gasteiger partial charge in [-0.25, -0.2) is 18.4 Å². The Morgan fingerprint density at radius 2 is 1.57 bits per heavy atom. The molecule has 0 spiro atoms. The first-order chi connectivity index (χ1) is 20.0. The number of hydrogen-bond donors (Lipinski definition) is 3. The molecule has 15 heteroatoms. The SMILES string of the molecule is COc1ncc([C@@H](OC(C)C)[C@@H](C)S(=O)(=O)N=C(NNC(=O)c2cncc(C)c2)Nc2c(OC)cccc2OC)cn1. The van der Waals surface area contributed by atoms with E-state index in [4.69, 9.17) is 18.9 Å². The molecule has 0 aliphatic carbocycles. The topological polar surface area (TPSA) is 175 Å². The van der Waals surface area contributed by atoms with E-state index >= 15 is 0 Å². The zero-order chi connectivity index (χ0) is 30.9. The summed E-state index contributed by atoms with van der Waals surface area (Å²) in [5.41, 5.74) is 6.72. The number of amides is 1. The molecule has 3 N–H and O–H groups in total. The minimum Gasteiger partial charge on any atom is -0.494 e. The highest BCUT2D eigenvalue weighted by atomic mass is 32.2. The molecule has 2 aromatic heterocycles. The van der Waals surface area contributed by atoms with Gasteiger partial charge in [0.1, 0.15) is 28.5 Å². The number of aromatic nitrogens is 3. The van der Waals surface area contributed by atoms with Crippen LogP contribution in [0.4, 0.5) is 5.69 Å². The molecule has 0 bridgehead atoms. The molecule has 226 valence electrons. The molecule has 1 amide bonds. The highest BCUT2D eigenvalue weighted by Gasteiger charge is 2.33. The van der Waals surface area contributed by atoms with E-state index in [9.17, 15) is 13.2 Å². The maximum atomic E-state index is 13.7. The van der Waals surface area contributed by atoms with Gasteiger partial charge in [0.15, 0.2) is 0 Å². The Morgan fingerprint density at radius 3 is 2.12 bits per heavy atom. The molecule has 0 saturated carbocycles. The second-order valence-corrected chi connectivity index (χ2v) is 11.2. The van der Waals surface area contributed by atoms with Crippen LogP contribution < -0.4 is 30.4 Å². The van der Waals surface area contributed by atoms with Crippen LogP contribution in [-0.2, 0) is 14.8 Å². The number of carbonyl (C=O) groups excluding carboxylic acids is 1. The molecule has 14 nitrogen and oxygen atoms in total. The molecule has 42 heavy (non-hydrogen) atoms. The zero-order valence-electron chi connectivity index (χ0n) is 24.4. The number of para-hydroxylation sites is 1. The zero-order valence-corrected chi connectivity index (χ0v) is 25.2. The fraction of sp³-hybridized carbons (Fsp3) is 0.370. The minimum absolute atomic E-state index is 0.122. The van der Waals surface area contributed by atoms with Crippen LogP contribution in [0, 0.1) is 6.92 Å². The number of pyridine rings is 1. The van der Waals surface area contributed by atoms with Gasteiger partial charge in [0, 0.05) is 30.4 Å². The molecule has 1 aromatic carbocycles. The predicted octanol–water partition coefficient (Wildman–Crippen LogP) is 2.79. The van der Waals surface area contributed by atoms with Gasteiger partial charge in [-0.1, -0.05) is 6.07 Å². The lowest BCUT2D eigenvalue weighted by Crippen LogP contribution is -2.46. The molecule has 0 aliphatic rings. The number of rotatable bonds is 11. The largest absolute Gasteiger partial charge is 0.494 e. The van der Waals surface area contributed by atoms with Crippen LogP contribution in [-0.4, -0.2) is 67.9 Å².